The van der Waals surface area contributed by atoms with Gasteiger partial charge in [0.05, 0.1) is 18.3 Å². The quantitative estimate of drug-likeness (QED) is 0.628. The van der Waals surface area contributed by atoms with Crippen molar-refractivity contribution in [3.05, 3.63) is 35.5 Å². The Labute approximate surface area is 187 Å². The molecule has 0 aliphatic carbocycles. The number of rotatable bonds is 3. The highest BCUT2D eigenvalue weighted by atomic mass is 32.2. The lowest BCUT2D eigenvalue weighted by Crippen LogP contribution is -2.42. The van der Waals surface area contributed by atoms with Crippen molar-refractivity contribution in [1.82, 2.24) is 14.7 Å². The fourth-order valence-electron chi connectivity index (χ4n) is 4.08. The number of hydrogen-bond donors (Lipinski definition) is 0. The minimum absolute atomic E-state index is 0.103. The number of hydrogen-bond acceptors (Lipinski definition) is 6. The molecule has 0 radical (unpaired) electrons. The highest BCUT2D eigenvalue weighted by Crippen LogP contribution is 2.44. The van der Waals surface area contributed by atoms with Gasteiger partial charge in [0, 0.05) is 34.9 Å². The third kappa shape index (κ3) is 4.44. The minimum Gasteiger partial charge on any atom is -0.461 e. The Morgan fingerprint density at radius 2 is 1.90 bits per heavy atom. The molecule has 0 unspecified atom stereocenters. The van der Waals surface area contributed by atoms with Gasteiger partial charge in [0.1, 0.15) is 5.60 Å². The monoisotopic (exact) mass is 443 g/mol. The summed E-state index contributed by atoms with van der Waals surface area (Å²) in [5.41, 5.74) is 2.95. The van der Waals surface area contributed by atoms with Crippen LogP contribution in [0.1, 0.15) is 62.6 Å². The molecule has 4 rings (SSSR count). The Morgan fingerprint density at radius 1 is 1.19 bits per heavy atom. The van der Waals surface area contributed by atoms with Crippen LogP contribution >= 0.6 is 11.8 Å². The zero-order chi connectivity index (χ0) is 22.2. The van der Waals surface area contributed by atoms with Crippen molar-refractivity contribution >= 4 is 23.8 Å². The Kier molecular flexibility index (Phi) is 6.01. The predicted molar refractivity (Wildman–Crippen MR) is 119 cm³/mol. The van der Waals surface area contributed by atoms with E-state index in [0.29, 0.717) is 31.1 Å². The van der Waals surface area contributed by atoms with Gasteiger partial charge in [-0.2, -0.15) is 5.10 Å². The molecule has 166 valence electrons. The summed E-state index contributed by atoms with van der Waals surface area (Å²) in [6, 6.07) is 8.34. The number of esters is 1. The molecule has 0 atom stereocenters. The standard InChI is InChI=1S/C23H29N3O4S/c1-5-29-21(27)19-17-14-31-18-9-7-6-8-16(18)20(17)26(24-19)15-10-12-25(13-11-15)22(28)30-23(2,3)4/h6-9,15H,5,10-14H2,1-4H3. The summed E-state index contributed by atoms with van der Waals surface area (Å²) in [5, 5.41) is 4.76. The van der Waals surface area contributed by atoms with Crippen LogP contribution in [0.25, 0.3) is 11.3 Å². The maximum atomic E-state index is 12.6. The Morgan fingerprint density at radius 3 is 2.58 bits per heavy atom. The molecule has 0 N–H and O–H groups in total. The van der Waals surface area contributed by atoms with Gasteiger partial charge in [0.2, 0.25) is 0 Å². The first-order valence-electron chi connectivity index (χ1n) is 10.8. The average Bonchev–Trinajstić information content (AvgIpc) is 3.13. The number of carbonyl (C=O) groups is 2. The third-order valence-electron chi connectivity index (χ3n) is 5.45. The van der Waals surface area contributed by atoms with Crippen molar-refractivity contribution in [3.8, 4) is 11.3 Å². The molecule has 31 heavy (non-hydrogen) atoms. The number of thioether (sulfide) groups is 1. The maximum Gasteiger partial charge on any atom is 0.410 e. The summed E-state index contributed by atoms with van der Waals surface area (Å²) in [4.78, 5) is 28.0. The maximum absolute atomic E-state index is 12.6. The van der Waals surface area contributed by atoms with Crippen molar-refractivity contribution in [1.29, 1.82) is 0 Å². The molecule has 2 aliphatic heterocycles. The molecular formula is C23H29N3O4S. The summed E-state index contributed by atoms with van der Waals surface area (Å²) >= 11 is 1.72. The highest BCUT2D eigenvalue weighted by Gasteiger charge is 2.34. The van der Waals surface area contributed by atoms with Gasteiger partial charge < -0.3 is 14.4 Å². The Bertz CT molecular complexity index is 987. The summed E-state index contributed by atoms with van der Waals surface area (Å²) in [5.74, 6) is 0.320. The summed E-state index contributed by atoms with van der Waals surface area (Å²) in [6.45, 7) is 8.94. The lowest BCUT2D eigenvalue weighted by atomic mass is 10.0. The molecule has 1 aromatic carbocycles. The van der Waals surface area contributed by atoms with Crippen LogP contribution in [0.5, 0.6) is 0 Å². The summed E-state index contributed by atoms with van der Waals surface area (Å²) in [7, 11) is 0. The van der Waals surface area contributed by atoms with E-state index < -0.39 is 5.60 Å². The van der Waals surface area contributed by atoms with Crippen LogP contribution in [0.2, 0.25) is 0 Å². The van der Waals surface area contributed by atoms with E-state index in [0.717, 1.165) is 29.7 Å². The summed E-state index contributed by atoms with van der Waals surface area (Å²) < 4.78 is 12.8. The number of piperidine rings is 1. The first-order valence-corrected chi connectivity index (χ1v) is 11.8. The molecule has 7 nitrogen and oxygen atoms in total. The van der Waals surface area contributed by atoms with E-state index in [1.165, 1.54) is 4.90 Å². The molecular weight excluding hydrogens is 414 g/mol. The number of amides is 1. The van der Waals surface area contributed by atoms with E-state index in [2.05, 4.69) is 12.1 Å². The molecule has 1 amide bonds. The molecule has 0 bridgehead atoms. The zero-order valence-corrected chi connectivity index (χ0v) is 19.3. The number of nitrogens with zero attached hydrogens (tertiary/aromatic N) is 3. The van der Waals surface area contributed by atoms with Gasteiger partial charge in [0.25, 0.3) is 0 Å². The van der Waals surface area contributed by atoms with Gasteiger partial charge in [-0.15, -0.1) is 11.8 Å². The van der Waals surface area contributed by atoms with Gasteiger partial charge in [-0.25, -0.2) is 9.59 Å². The number of benzene rings is 1. The predicted octanol–water partition coefficient (Wildman–Crippen LogP) is 4.90. The van der Waals surface area contributed by atoms with E-state index in [1.807, 2.05) is 37.6 Å². The summed E-state index contributed by atoms with van der Waals surface area (Å²) in [6.07, 6.45) is 1.23. The van der Waals surface area contributed by atoms with Crippen molar-refractivity contribution in [3.63, 3.8) is 0 Å². The molecule has 8 heteroatoms. The van der Waals surface area contributed by atoms with Gasteiger partial charge in [-0.3, -0.25) is 4.68 Å². The van der Waals surface area contributed by atoms with Gasteiger partial charge >= 0.3 is 12.1 Å². The van der Waals surface area contributed by atoms with Crippen LogP contribution in [0.15, 0.2) is 29.2 Å². The third-order valence-corrected chi connectivity index (χ3v) is 6.55. The first-order chi connectivity index (χ1) is 14.8. The molecule has 0 saturated carbocycles. The van der Waals surface area contributed by atoms with Crippen LogP contribution < -0.4 is 0 Å². The first kappa shape index (κ1) is 21.7. The van der Waals surface area contributed by atoms with Crippen molar-refractivity contribution in [2.75, 3.05) is 19.7 Å². The Balaban J connectivity index is 1.63. The minimum atomic E-state index is -0.509. The van der Waals surface area contributed by atoms with Gasteiger partial charge in [-0.05, 0) is 46.6 Å². The number of aromatic nitrogens is 2. The second kappa shape index (κ2) is 8.57. The normalized spacial score (nSPS) is 16.5. The largest absolute Gasteiger partial charge is 0.461 e. The van der Waals surface area contributed by atoms with E-state index in [-0.39, 0.29) is 18.1 Å². The smallest absolute Gasteiger partial charge is 0.410 e. The molecule has 1 fully saturated rings. The Hall–Kier alpha value is -2.48. The van der Waals surface area contributed by atoms with Crippen LogP contribution in [-0.2, 0) is 15.2 Å². The molecule has 2 aromatic rings. The molecule has 3 heterocycles. The fourth-order valence-corrected chi connectivity index (χ4v) is 5.14. The van der Waals surface area contributed by atoms with Crippen LogP contribution in [0, 0.1) is 0 Å². The van der Waals surface area contributed by atoms with E-state index >= 15 is 0 Å². The SMILES string of the molecule is CCOC(=O)c1nn(C2CCN(C(=O)OC(C)(C)C)CC2)c2c1CSc1ccccc1-2. The fraction of sp³-hybridized carbons (Fsp3) is 0.522. The number of ether oxygens (including phenoxy) is 2. The number of carbonyl (C=O) groups excluding carboxylic acids is 2. The number of likely N-dealkylation sites (tertiary alicyclic amines) is 1. The molecule has 1 saturated heterocycles. The average molecular weight is 444 g/mol. The number of fused-ring (bicyclic) bond motifs is 3. The van der Waals surface area contributed by atoms with Crippen LogP contribution in [0.4, 0.5) is 4.79 Å². The molecule has 1 aromatic heterocycles. The van der Waals surface area contributed by atoms with Gasteiger partial charge in [-0.1, -0.05) is 18.2 Å². The second-order valence-electron chi connectivity index (χ2n) is 8.82. The van der Waals surface area contributed by atoms with E-state index in [1.54, 1.807) is 23.6 Å². The topological polar surface area (TPSA) is 73.7 Å². The van der Waals surface area contributed by atoms with E-state index in [9.17, 15) is 9.59 Å². The molecule has 0 spiro atoms. The molecule has 2 aliphatic rings. The lowest BCUT2D eigenvalue weighted by molar-refractivity contribution is 0.0185. The van der Waals surface area contributed by atoms with Crippen molar-refractivity contribution < 1.29 is 19.1 Å². The second-order valence-corrected chi connectivity index (χ2v) is 9.84. The highest BCUT2D eigenvalue weighted by molar-refractivity contribution is 7.98. The zero-order valence-electron chi connectivity index (χ0n) is 18.5. The van der Waals surface area contributed by atoms with Crippen LogP contribution in [-0.4, -0.2) is 52.0 Å². The van der Waals surface area contributed by atoms with Gasteiger partial charge in [0.15, 0.2) is 5.69 Å². The van der Waals surface area contributed by atoms with Crippen LogP contribution in [0.3, 0.4) is 0 Å². The lowest BCUT2D eigenvalue weighted by Gasteiger charge is -2.34. The van der Waals surface area contributed by atoms with Crippen molar-refractivity contribution in [2.45, 2.75) is 62.8 Å². The van der Waals surface area contributed by atoms with E-state index in [4.69, 9.17) is 14.6 Å². The van der Waals surface area contributed by atoms with Crippen molar-refractivity contribution in [2.24, 2.45) is 0 Å².